The molecule has 1 heterocycles. The summed E-state index contributed by atoms with van der Waals surface area (Å²) in [6.45, 7) is 0. The van der Waals surface area contributed by atoms with E-state index in [2.05, 4.69) is 10.5 Å². The van der Waals surface area contributed by atoms with E-state index in [0.717, 1.165) is 0 Å². The maximum atomic E-state index is 14.1. The second-order valence-electron chi connectivity index (χ2n) is 9.00. The lowest BCUT2D eigenvalue weighted by Crippen LogP contribution is -2.55. The van der Waals surface area contributed by atoms with Crippen molar-refractivity contribution in [1.82, 2.24) is 0 Å². The fourth-order valence-electron chi connectivity index (χ4n) is 3.78. The number of oxime groups is 1. The first-order chi connectivity index (χ1) is 20.3. The number of carbonyl (C=O) groups is 2. The van der Waals surface area contributed by atoms with E-state index in [1.165, 1.54) is 66.7 Å². The molecule has 0 spiro atoms. The number of anilines is 1. The van der Waals surface area contributed by atoms with Gasteiger partial charge in [-0.05, 0) is 29.8 Å². The summed E-state index contributed by atoms with van der Waals surface area (Å²) in [5, 5.41) is 25.6. The van der Waals surface area contributed by atoms with E-state index in [-0.39, 0.29) is 33.3 Å². The van der Waals surface area contributed by atoms with E-state index in [1.807, 2.05) is 0 Å². The van der Waals surface area contributed by atoms with Crippen molar-refractivity contribution in [2.75, 3.05) is 5.32 Å². The molecule has 1 aliphatic heterocycles. The van der Waals surface area contributed by atoms with Crippen molar-refractivity contribution in [1.29, 1.82) is 5.41 Å². The van der Waals surface area contributed by atoms with E-state index in [4.69, 9.17) is 31.0 Å². The van der Waals surface area contributed by atoms with E-state index in [9.17, 15) is 39.6 Å². The number of carboxylic acids is 1. The first-order valence-electron chi connectivity index (χ1n) is 11.9. The van der Waals surface area contributed by atoms with Crippen molar-refractivity contribution in [3.8, 4) is 11.1 Å². The number of hydrogen-bond donors (Lipinski definition) is 5. The first-order valence-corrected chi connectivity index (χ1v) is 13.4. The van der Waals surface area contributed by atoms with Crippen molar-refractivity contribution < 1.29 is 54.3 Å². The fourth-order valence-corrected chi connectivity index (χ4v) is 4.54. The molecule has 0 saturated carbocycles. The van der Waals surface area contributed by atoms with Gasteiger partial charge in [0.25, 0.3) is 5.91 Å². The average molecular weight is 646 g/mol. The van der Waals surface area contributed by atoms with Gasteiger partial charge in [-0.1, -0.05) is 53.7 Å². The summed E-state index contributed by atoms with van der Waals surface area (Å²) in [6, 6.07) is 17.3. The number of nitrogens with one attached hydrogen (secondary N) is 2. The zero-order valence-corrected chi connectivity index (χ0v) is 22.7. The molecule has 1 atom stereocenters. The minimum Gasteiger partial charge on any atom is -0.475 e. The maximum Gasteiger partial charge on any atom is 0.490 e. The summed E-state index contributed by atoms with van der Waals surface area (Å²) in [7, 11) is -4.02. The molecule has 0 bridgehead atoms. The van der Waals surface area contributed by atoms with Crippen LogP contribution in [0.5, 0.6) is 0 Å². The second-order valence-corrected chi connectivity index (χ2v) is 10.5. The lowest BCUT2D eigenvalue weighted by atomic mass is 9.91. The van der Waals surface area contributed by atoms with Crippen molar-refractivity contribution >= 4 is 39.1 Å². The molecule has 1 aliphatic rings. The lowest BCUT2D eigenvalue weighted by molar-refractivity contribution is -0.257. The molecule has 1 amide bonds. The van der Waals surface area contributed by atoms with Gasteiger partial charge in [-0.25, -0.2) is 18.4 Å². The SMILES string of the molecule is N=C(N)c1cccc(C2=NOC(C(=O)Nc3ccc(-c4ccccc4S(N)(=O)=O)cc3)(C(F)(F)F)C2)c1.O=C(O)C(F)(F)F. The van der Waals surface area contributed by atoms with Crippen LogP contribution >= 0.6 is 0 Å². The van der Waals surface area contributed by atoms with Gasteiger partial charge in [-0.2, -0.15) is 26.3 Å². The highest BCUT2D eigenvalue weighted by atomic mass is 32.2. The minimum absolute atomic E-state index is 0.0149. The number of carbonyl (C=O) groups excluding carboxylic acids is 1. The Balaban J connectivity index is 0.000000676. The van der Waals surface area contributed by atoms with E-state index in [0.29, 0.717) is 11.1 Å². The Morgan fingerprint density at radius 1 is 0.955 bits per heavy atom. The minimum atomic E-state index is -5.12. The van der Waals surface area contributed by atoms with E-state index < -0.39 is 46.3 Å². The van der Waals surface area contributed by atoms with Crippen molar-refractivity contribution in [3.63, 3.8) is 0 Å². The number of benzene rings is 3. The zero-order chi connectivity index (χ0) is 33.1. The number of nitrogens with two attached hydrogens (primary N) is 2. The molecule has 0 fully saturated rings. The third kappa shape index (κ3) is 7.51. The monoisotopic (exact) mass is 645 g/mol. The molecule has 0 aliphatic carbocycles. The molecule has 4 rings (SSSR count). The normalized spacial score (nSPS) is 16.6. The highest BCUT2D eigenvalue weighted by Gasteiger charge is 2.66. The Bertz CT molecular complexity index is 1730. The van der Waals surface area contributed by atoms with Crippen LogP contribution in [0.15, 0.2) is 82.8 Å². The quantitative estimate of drug-likeness (QED) is 0.152. The van der Waals surface area contributed by atoms with E-state index >= 15 is 0 Å². The summed E-state index contributed by atoms with van der Waals surface area (Å²) in [5.74, 6) is -4.53. The van der Waals surface area contributed by atoms with Gasteiger partial charge in [0.2, 0.25) is 10.0 Å². The summed E-state index contributed by atoms with van der Waals surface area (Å²) in [5.41, 5.74) is 3.26. The van der Waals surface area contributed by atoms with Crippen LogP contribution in [0.1, 0.15) is 17.5 Å². The first kappa shape index (κ1) is 33.5. The van der Waals surface area contributed by atoms with Crippen LogP contribution in [0.3, 0.4) is 0 Å². The Kier molecular flexibility index (Phi) is 9.40. The van der Waals surface area contributed by atoms with Crippen LogP contribution in [0.2, 0.25) is 0 Å². The molecule has 0 radical (unpaired) electrons. The highest BCUT2D eigenvalue weighted by molar-refractivity contribution is 7.89. The zero-order valence-electron chi connectivity index (χ0n) is 21.9. The predicted molar refractivity (Wildman–Crippen MR) is 144 cm³/mol. The van der Waals surface area contributed by atoms with Gasteiger partial charge >= 0.3 is 23.9 Å². The van der Waals surface area contributed by atoms with Gasteiger partial charge in [0.1, 0.15) is 5.84 Å². The summed E-state index contributed by atoms with van der Waals surface area (Å²) < 4.78 is 97.9. The van der Waals surface area contributed by atoms with Crippen LogP contribution in [-0.4, -0.2) is 54.9 Å². The molecule has 0 aromatic heterocycles. The average Bonchev–Trinajstić information content (AvgIpc) is 3.41. The Labute approximate surface area is 244 Å². The van der Waals surface area contributed by atoms with E-state index in [1.54, 1.807) is 6.07 Å². The molecule has 44 heavy (non-hydrogen) atoms. The van der Waals surface area contributed by atoms with Crippen molar-refractivity contribution in [2.24, 2.45) is 16.0 Å². The maximum absolute atomic E-state index is 14.1. The highest BCUT2D eigenvalue weighted by Crippen LogP contribution is 2.42. The smallest absolute Gasteiger partial charge is 0.475 e. The number of halogens is 6. The number of aliphatic carboxylic acids is 1. The number of primary sulfonamides is 1. The number of amidine groups is 1. The number of carboxylic acid groups (broad SMARTS) is 1. The molecule has 234 valence electrons. The number of hydrogen-bond acceptors (Lipinski definition) is 7. The third-order valence-electron chi connectivity index (χ3n) is 5.95. The topological polar surface area (TPSA) is 198 Å². The number of nitrogen functional groups attached to an aromatic ring is 1. The molecular weight excluding hydrogens is 624 g/mol. The number of nitrogens with zero attached hydrogens (tertiary/aromatic N) is 1. The summed E-state index contributed by atoms with van der Waals surface area (Å²) in [6.07, 6.45) is -11.1. The Hall–Kier alpha value is -4.97. The van der Waals surface area contributed by atoms with Crippen LogP contribution in [-0.2, 0) is 24.4 Å². The lowest BCUT2D eigenvalue weighted by Gasteiger charge is -2.27. The van der Waals surface area contributed by atoms with Crippen molar-refractivity contribution in [2.45, 2.75) is 29.3 Å². The molecule has 1 unspecified atom stereocenters. The Morgan fingerprint density at radius 2 is 1.55 bits per heavy atom. The third-order valence-corrected chi connectivity index (χ3v) is 6.92. The van der Waals surface area contributed by atoms with Crippen molar-refractivity contribution in [3.05, 3.63) is 83.9 Å². The molecule has 0 saturated heterocycles. The predicted octanol–water partition coefficient (Wildman–Crippen LogP) is 3.98. The van der Waals surface area contributed by atoms with Crippen LogP contribution < -0.4 is 16.2 Å². The number of amides is 1. The van der Waals surface area contributed by atoms with Gasteiger partial charge in [-0.3, -0.25) is 10.2 Å². The van der Waals surface area contributed by atoms with Gasteiger partial charge in [0.05, 0.1) is 17.0 Å². The standard InChI is InChI=1S/C24H20F3N5O4S.C2HF3O2/c25-24(26,27)23(13-19(32-36-23)15-4-3-5-16(12-15)21(28)29)22(33)31-17-10-8-14(9-11-17)18-6-1-2-7-20(18)37(30,34)35;3-2(4,5)1(6)7/h1-12H,13H2,(H3,28,29)(H,31,33)(H2,30,34,35);(H,6,7). The number of alkyl halides is 6. The van der Waals surface area contributed by atoms with Gasteiger partial charge < -0.3 is 21.0 Å². The summed E-state index contributed by atoms with van der Waals surface area (Å²) >= 11 is 0. The molecule has 3 aromatic carbocycles. The number of sulfonamides is 1. The van der Waals surface area contributed by atoms with Crippen LogP contribution in [0, 0.1) is 5.41 Å². The summed E-state index contributed by atoms with van der Waals surface area (Å²) in [4.78, 5) is 26.4. The largest absolute Gasteiger partial charge is 0.490 e. The number of rotatable bonds is 6. The van der Waals surface area contributed by atoms with Crippen LogP contribution in [0.25, 0.3) is 11.1 Å². The van der Waals surface area contributed by atoms with Gasteiger partial charge in [0, 0.05) is 22.4 Å². The molecular formula is C26H21F6N5O6S. The Morgan fingerprint density at radius 3 is 2.07 bits per heavy atom. The van der Waals surface area contributed by atoms with Gasteiger partial charge in [-0.15, -0.1) is 0 Å². The van der Waals surface area contributed by atoms with Crippen LogP contribution in [0.4, 0.5) is 32.0 Å². The fraction of sp³-hybridized carbons (Fsp3) is 0.154. The molecule has 18 heteroatoms. The van der Waals surface area contributed by atoms with Gasteiger partial charge in [0.15, 0.2) is 0 Å². The molecule has 3 aromatic rings. The molecule has 11 nitrogen and oxygen atoms in total. The molecule has 7 N–H and O–H groups in total. The second kappa shape index (κ2) is 12.3.